The third kappa shape index (κ3) is 3.59. The second kappa shape index (κ2) is 6.54. The Kier molecular flexibility index (Phi) is 4.76. The fraction of sp³-hybridized carbons (Fsp3) is 0.286. The largest absolute Gasteiger partial charge is 0.490 e. The highest BCUT2D eigenvalue weighted by atomic mass is 35.5. The van der Waals surface area contributed by atoms with Crippen LogP contribution in [0.25, 0.3) is 0 Å². The first-order valence-electron chi connectivity index (χ1n) is 6.25. The number of benzene rings is 1. The number of hydrogen-bond acceptors (Lipinski definition) is 4. The molecule has 0 amide bonds. The number of hydrogen-bond donors (Lipinski definition) is 1. The molecule has 6 heteroatoms. The zero-order valence-electron chi connectivity index (χ0n) is 11.2. The first-order chi connectivity index (χ1) is 9.60. The van der Waals surface area contributed by atoms with Gasteiger partial charge in [0.2, 0.25) is 0 Å². The summed E-state index contributed by atoms with van der Waals surface area (Å²) in [6.07, 6.45) is 1.50. The van der Waals surface area contributed by atoms with Crippen molar-refractivity contribution in [1.29, 1.82) is 0 Å². The van der Waals surface area contributed by atoms with E-state index in [1.54, 1.807) is 0 Å². The second-order valence-electron chi connectivity index (χ2n) is 4.42. The minimum absolute atomic E-state index is 0.240. The van der Waals surface area contributed by atoms with Crippen molar-refractivity contribution in [2.24, 2.45) is 5.73 Å². The third-order valence-corrected chi connectivity index (χ3v) is 3.11. The van der Waals surface area contributed by atoms with Crippen LogP contribution in [0.5, 0.6) is 5.75 Å². The Morgan fingerprint density at radius 3 is 2.85 bits per heavy atom. The number of nitrogens with two attached hydrogens (primary N) is 1. The predicted molar refractivity (Wildman–Crippen MR) is 78.3 cm³/mol. The monoisotopic (exact) mass is 293 g/mol. The van der Waals surface area contributed by atoms with Crippen molar-refractivity contribution >= 4 is 11.6 Å². The Morgan fingerprint density at radius 1 is 1.40 bits per heavy atom. The second-order valence-corrected chi connectivity index (χ2v) is 4.83. The Morgan fingerprint density at radius 2 is 2.20 bits per heavy atom. The highest BCUT2D eigenvalue weighted by Gasteiger charge is 2.05. The molecule has 1 aromatic heterocycles. The topological polar surface area (TPSA) is 70.1 Å². The van der Waals surface area contributed by atoms with Gasteiger partial charge in [-0.1, -0.05) is 23.7 Å². The average Bonchev–Trinajstić information content (AvgIpc) is 2.42. The van der Waals surface area contributed by atoms with Crippen LogP contribution in [0.3, 0.4) is 0 Å². The number of halogens is 1. The zero-order chi connectivity index (χ0) is 14.5. The van der Waals surface area contributed by atoms with Crippen molar-refractivity contribution in [2.75, 3.05) is 13.2 Å². The maximum absolute atomic E-state index is 11.9. The van der Waals surface area contributed by atoms with E-state index in [2.05, 4.69) is 5.10 Å². The molecule has 106 valence electrons. The molecular weight excluding hydrogens is 278 g/mol. The molecule has 20 heavy (non-hydrogen) atoms. The van der Waals surface area contributed by atoms with Gasteiger partial charge in [0.05, 0.1) is 12.7 Å². The number of rotatable bonds is 5. The van der Waals surface area contributed by atoms with Gasteiger partial charge in [-0.15, -0.1) is 0 Å². The van der Waals surface area contributed by atoms with Gasteiger partial charge < -0.3 is 10.5 Å². The summed E-state index contributed by atoms with van der Waals surface area (Å²) in [6.45, 7) is 3.04. The molecular formula is C14H16ClN3O2. The van der Waals surface area contributed by atoms with Crippen LogP contribution in [0.1, 0.15) is 11.1 Å². The van der Waals surface area contributed by atoms with Gasteiger partial charge >= 0.3 is 0 Å². The molecule has 2 N–H and O–H groups in total. The summed E-state index contributed by atoms with van der Waals surface area (Å²) < 4.78 is 6.59. The van der Waals surface area contributed by atoms with Crippen molar-refractivity contribution in [3.8, 4) is 5.75 Å². The van der Waals surface area contributed by atoms with Gasteiger partial charge in [-0.05, 0) is 24.1 Å². The number of ether oxygens (including phenoxy) is 1. The fourth-order valence-electron chi connectivity index (χ4n) is 1.73. The summed E-state index contributed by atoms with van der Waals surface area (Å²) in [5.41, 5.74) is 7.02. The summed E-state index contributed by atoms with van der Waals surface area (Å²) in [5, 5.41) is 4.70. The summed E-state index contributed by atoms with van der Waals surface area (Å²) >= 11 is 6.15. The van der Waals surface area contributed by atoms with Crippen LogP contribution in [-0.4, -0.2) is 22.9 Å². The van der Waals surface area contributed by atoms with Gasteiger partial charge in [0.15, 0.2) is 0 Å². The molecule has 0 atom stereocenters. The molecule has 1 heterocycles. The average molecular weight is 294 g/mol. The summed E-state index contributed by atoms with van der Waals surface area (Å²) in [5.74, 6) is 0.423. The maximum Gasteiger partial charge on any atom is 0.270 e. The normalized spacial score (nSPS) is 10.6. The van der Waals surface area contributed by atoms with Crippen molar-refractivity contribution in [3.05, 3.63) is 57.0 Å². The Hall–Kier alpha value is -1.85. The van der Waals surface area contributed by atoms with Crippen LogP contribution in [-0.2, 0) is 6.54 Å². The van der Waals surface area contributed by atoms with E-state index in [1.165, 1.54) is 16.9 Å². The van der Waals surface area contributed by atoms with E-state index in [0.717, 1.165) is 11.1 Å². The molecule has 1 aromatic carbocycles. The molecule has 0 aliphatic heterocycles. The SMILES string of the molecule is Cc1ccc(Cn2ncc(OCCN)cc2=O)c(Cl)c1. The van der Waals surface area contributed by atoms with Gasteiger partial charge in [0.1, 0.15) is 12.4 Å². The van der Waals surface area contributed by atoms with Crippen molar-refractivity contribution in [3.63, 3.8) is 0 Å². The van der Waals surface area contributed by atoms with E-state index in [0.29, 0.717) is 30.5 Å². The molecule has 0 saturated heterocycles. The lowest BCUT2D eigenvalue weighted by molar-refractivity contribution is 0.324. The van der Waals surface area contributed by atoms with E-state index < -0.39 is 0 Å². The first kappa shape index (κ1) is 14.6. The van der Waals surface area contributed by atoms with Crippen LogP contribution >= 0.6 is 11.6 Å². The maximum atomic E-state index is 11.9. The predicted octanol–water partition coefficient (Wildman–Crippen LogP) is 1.59. The van der Waals surface area contributed by atoms with Crippen molar-refractivity contribution in [2.45, 2.75) is 13.5 Å². The molecule has 5 nitrogen and oxygen atoms in total. The van der Waals surface area contributed by atoms with Gasteiger partial charge in [-0.25, -0.2) is 4.68 Å². The van der Waals surface area contributed by atoms with E-state index in [1.807, 2.05) is 25.1 Å². The molecule has 0 spiro atoms. The molecule has 0 radical (unpaired) electrons. The van der Waals surface area contributed by atoms with Crippen LogP contribution in [0.15, 0.2) is 35.3 Å². The Balaban J connectivity index is 2.19. The van der Waals surface area contributed by atoms with Crippen molar-refractivity contribution < 1.29 is 4.74 Å². The fourth-order valence-corrected chi connectivity index (χ4v) is 2.03. The third-order valence-electron chi connectivity index (χ3n) is 2.76. The molecule has 2 aromatic rings. The highest BCUT2D eigenvalue weighted by molar-refractivity contribution is 6.31. The molecule has 0 unspecified atom stereocenters. The van der Waals surface area contributed by atoms with Crippen LogP contribution in [0, 0.1) is 6.92 Å². The summed E-state index contributed by atoms with van der Waals surface area (Å²) in [4.78, 5) is 11.9. The standard InChI is InChI=1S/C14H16ClN3O2/c1-10-2-3-11(13(15)6-10)9-18-14(19)7-12(8-17-18)20-5-4-16/h2-3,6-8H,4-5,9,16H2,1H3. The molecule has 0 saturated carbocycles. The lowest BCUT2D eigenvalue weighted by Gasteiger charge is -2.08. The van der Waals surface area contributed by atoms with E-state index in [-0.39, 0.29) is 5.56 Å². The van der Waals surface area contributed by atoms with Gasteiger partial charge in [0, 0.05) is 17.6 Å². The van der Waals surface area contributed by atoms with Crippen LogP contribution in [0.2, 0.25) is 5.02 Å². The van der Waals surface area contributed by atoms with Gasteiger partial charge in [0.25, 0.3) is 5.56 Å². The lowest BCUT2D eigenvalue weighted by Crippen LogP contribution is -2.23. The Labute approximate surface area is 121 Å². The first-order valence-corrected chi connectivity index (χ1v) is 6.63. The minimum Gasteiger partial charge on any atom is -0.490 e. The van der Waals surface area contributed by atoms with Crippen LogP contribution < -0.4 is 16.0 Å². The number of nitrogens with zero attached hydrogens (tertiary/aromatic N) is 2. The molecule has 0 fully saturated rings. The molecule has 0 aliphatic carbocycles. The molecule has 2 rings (SSSR count). The van der Waals surface area contributed by atoms with E-state index in [4.69, 9.17) is 22.1 Å². The number of aromatic nitrogens is 2. The van der Waals surface area contributed by atoms with Crippen LogP contribution in [0.4, 0.5) is 0 Å². The van der Waals surface area contributed by atoms with E-state index >= 15 is 0 Å². The molecule has 0 aliphatic rings. The molecule has 0 bridgehead atoms. The quantitative estimate of drug-likeness (QED) is 0.909. The minimum atomic E-state index is -0.240. The van der Waals surface area contributed by atoms with Crippen molar-refractivity contribution in [1.82, 2.24) is 9.78 Å². The van der Waals surface area contributed by atoms with Gasteiger partial charge in [-0.3, -0.25) is 4.79 Å². The number of aryl methyl sites for hydroxylation is 1. The summed E-state index contributed by atoms with van der Waals surface area (Å²) in [7, 11) is 0. The Bertz CT molecular complexity index is 655. The zero-order valence-corrected chi connectivity index (χ0v) is 11.9. The lowest BCUT2D eigenvalue weighted by atomic mass is 10.1. The van der Waals surface area contributed by atoms with Gasteiger partial charge in [-0.2, -0.15) is 5.10 Å². The summed E-state index contributed by atoms with van der Waals surface area (Å²) in [6, 6.07) is 7.10. The van der Waals surface area contributed by atoms with E-state index in [9.17, 15) is 4.79 Å². The highest BCUT2D eigenvalue weighted by Crippen LogP contribution is 2.18. The smallest absolute Gasteiger partial charge is 0.270 e.